The van der Waals surface area contributed by atoms with E-state index in [0.717, 1.165) is 42.1 Å². The van der Waals surface area contributed by atoms with Gasteiger partial charge in [-0.2, -0.15) is 5.10 Å². The SMILES string of the molecule is CC1(C)CCC(O)(c2cc(Cl)cc3[nH]ncc23)CC1. The number of aliphatic hydroxyl groups is 1. The van der Waals surface area contributed by atoms with E-state index in [2.05, 4.69) is 24.0 Å². The second-order valence-electron chi connectivity index (χ2n) is 6.48. The predicted molar refractivity (Wildman–Crippen MR) is 77.2 cm³/mol. The molecule has 0 bridgehead atoms. The Kier molecular flexibility index (Phi) is 2.88. The van der Waals surface area contributed by atoms with E-state index < -0.39 is 5.60 Å². The number of aromatic nitrogens is 2. The maximum atomic E-state index is 11.0. The summed E-state index contributed by atoms with van der Waals surface area (Å²) in [4.78, 5) is 0. The molecule has 2 N–H and O–H groups in total. The lowest BCUT2D eigenvalue weighted by molar-refractivity contribution is -0.0293. The molecule has 1 aromatic heterocycles. The molecule has 1 aromatic carbocycles. The van der Waals surface area contributed by atoms with E-state index in [1.165, 1.54) is 0 Å². The first kappa shape index (κ1) is 12.9. The Bertz CT molecular complexity index is 608. The molecule has 1 fully saturated rings. The molecule has 0 unspecified atom stereocenters. The van der Waals surface area contributed by atoms with Crippen LogP contribution in [0.25, 0.3) is 10.9 Å². The number of nitrogens with one attached hydrogen (secondary N) is 1. The maximum absolute atomic E-state index is 11.0. The number of aromatic amines is 1. The van der Waals surface area contributed by atoms with Crippen molar-refractivity contribution in [2.45, 2.75) is 45.1 Å². The summed E-state index contributed by atoms with van der Waals surface area (Å²) in [6, 6.07) is 3.74. The van der Waals surface area contributed by atoms with Crippen LogP contribution in [0.15, 0.2) is 18.3 Å². The van der Waals surface area contributed by atoms with E-state index in [4.69, 9.17) is 11.6 Å². The number of hydrogen-bond acceptors (Lipinski definition) is 2. The van der Waals surface area contributed by atoms with Crippen molar-refractivity contribution in [3.8, 4) is 0 Å². The lowest BCUT2D eigenvalue weighted by Gasteiger charge is -2.40. The quantitative estimate of drug-likeness (QED) is 0.828. The summed E-state index contributed by atoms with van der Waals surface area (Å²) < 4.78 is 0. The molecular formula is C15H19ClN2O. The third-order valence-electron chi connectivity index (χ3n) is 4.46. The van der Waals surface area contributed by atoms with Crippen LogP contribution in [0.3, 0.4) is 0 Å². The Balaban J connectivity index is 2.06. The molecular weight excluding hydrogens is 260 g/mol. The van der Waals surface area contributed by atoms with Crippen molar-refractivity contribution in [1.29, 1.82) is 0 Å². The van der Waals surface area contributed by atoms with Gasteiger partial charge in [0.05, 0.1) is 17.3 Å². The zero-order chi connectivity index (χ0) is 13.7. The monoisotopic (exact) mass is 278 g/mol. The van der Waals surface area contributed by atoms with E-state index in [0.29, 0.717) is 10.4 Å². The van der Waals surface area contributed by atoms with Crippen molar-refractivity contribution >= 4 is 22.5 Å². The number of benzene rings is 1. The standard InChI is InChI=1S/C15H19ClN2O/c1-14(2)3-5-15(19,6-4-14)12-7-10(16)8-13-11(12)9-17-18-13/h7-9,19H,3-6H2,1-2H3,(H,17,18). The van der Waals surface area contributed by atoms with Gasteiger partial charge in [0.2, 0.25) is 0 Å². The summed E-state index contributed by atoms with van der Waals surface area (Å²) in [5, 5.41) is 19.6. The Hall–Kier alpha value is -1.06. The second kappa shape index (κ2) is 4.22. The van der Waals surface area contributed by atoms with Crippen LogP contribution in [0.1, 0.15) is 45.1 Å². The average Bonchev–Trinajstić information content (AvgIpc) is 2.80. The van der Waals surface area contributed by atoms with Gasteiger partial charge in [-0.05, 0) is 48.8 Å². The molecule has 0 spiro atoms. The highest BCUT2D eigenvalue weighted by atomic mass is 35.5. The topological polar surface area (TPSA) is 48.9 Å². The minimum atomic E-state index is -0.775. The fourth-order valence-electron chi connectivity index (χ4n) is 3.01. The number of fused-ring (bicyclic) bond motifs is 1. The van der Waals surface area contributed by atoms with Gasteiger partial charge in [-0.3, -0.25) is 5.10 Å². The highest BCUT2D eigenvalue weighted by molar-refractivity contribution is 6.31. The summed E-state index contributed by atoms with van der Waals surface area (Å²) in [7, 11) is 0. The van der Waals surface area contributed by atoms with Gasteiger partial charge in [0, 0.05) is 10.4 Å². The van der Waals surface area contributed by atoms with E-state index >= 15 is 0 Å². The van der Waals surface area contributed by atoms with Crippen LogP contribution in [-0.2, 0) is 5.60 Å². The molecule has 2 aromatic rings. The summed E-state index contributed by atoms with van der Waals surface area (Å²) in [5.41, 5.74) is 1.35. The first-order valence-electron chi connectivity index (χ1n) is 6.75. The van der Waals surface area contributed by atoms with Crippen molar-refractivity contribution in [1.82, 2.24) is 10.2 Å². The minimum absolute atomic E-state index is 0.320. The lowest BCUT2D eigenvalue weighted by Crippen LogP contribution is -2.34. The van der Waals surface area contributed by atoms with Crippen molar-refractivity contribution in [3.63, 3.8) is 0 Å². The molecule has 0 saturated heterocycles. The molecule has 4 heteroatoms. The zero-order valence-corrected chi connectivity index (χ0v) is 12.1. The van der Waals surface area contributed by atoms with Crippen LogP contribution in [0, 0.1) is 5.41 Å². The van der Waals surface area contributed by atoms with Gasteiger partial charge in [-0.25, -0.2) is 0 Å². The van der Waals surface area contributed by atoms with Crippen molar-refractivity contribution < 1.29 is 5.11 Å². The zero-order valence-electron chi connectivity index (χ0n) is 11.3. The van der Waals surface area contributed by atoms with E-state index in [1.54, 1.807) is 6.20 Å². The third-order valence-corrected chi connectivity index (χ3v) is 4.67. The number of rotatable bonds is 1. The fourth-order valence-corrected chi connectivity index (χ4v) is 3.23. The molecule has 0 radical (unpaired) electrons. The Morgan fingerprint density at radius 1 is 1.21 bits per heavy atom. The molecule has 0 atom stereocenters. The number of nitrogens with zero attached hydrogens (tertiary/aromatic N) is 1. The molecule has 102 valence electrons. The molecule has 1 aliphatic carbocycles. The van der Waals surface area contributed by atoms with Crippen molar-refractivity contribution in [2.75, 3.05) is 0 Å². The highest BCUT2D eigenvalue weighted by Crippen LogP contribution is 2.47. The minimum Gasteiger partial charge on any atom is -0.385 e. The van der Waals surface area contributed by atoms with Gasteiger partial charge >= 0.3 is 0 Å². The van der Waals surface area contributed by atoms with Crippen molar-refractivity contribution in [2.24, 2.45) is 5.41 Å². The normalized spacial score (nSPS) is 21.7. The van der Waals surface area contributed by atoms with E-state index in [1.807, 2.05) is 12.1 Å². The molecule has 1 aliphatic rings. The molecule has 0 amide bonds. The molecule has 19 heavy (non-hydrogen) atoms. The second-order valence-corrected chi connectivity index (χ2v) is 6.92. The molecule has 3 nitrogen and oxygen atoms in total. The predicted octanol–water partition coefficient (Wildman–Crippen LogP) is 4.00. The Morgan fingerprint density at radius 3 is 2.58 bits per heavy atom. The van der Waals surface area contributed by atoms with E-state index in [9.17, 15) is 5.11 Å². The molecule has 0 aliphatic heterocycles. The van der Waals surface area contributed by atoms with Crippen molar-refractivity contribution in [3.05, 3.63) is 28.9 Å². The van der Waals surface area contributed by atoms with Gasteiger partial charge in [-0.15, -0.1) is 0 Å². The first-order valence-corrected chi connectivity index (χ1v) is 7.13. The highest BCUT2D eigenvalue weighted by Gasteiger charge is 2.39. The Morgan fingerprint density at radius 2 is 1.89 bits per heavy atom. The van der Waals surface area contributed by atoms with Crippen LogP contribution >= 0.6 is 11.6 Å². The first-order chi connectivity index (χ1) is 8.90. The molecule has 1 saturated carbocycles. The number of halogens is 1. The smallest absolute Gasteiger partial charge is 0.0904 e. The van der Waals surface area contributed by atoms with Crippen LogP contribution in [0.4, 0.5) is 0 Å². The van der Waals surface area contributed by atoms with Gasteiger partial charge in [-0.1, -0.05) is 25.4 Å². The number of hydrogen-bond donors (Lipinski definition) is 2. The molecule has 3 rings (SSSR count). The third kappa shape index (κ3) is 2.26. The summed E-state index contributed by atoms with van der Waals surface area (Å²) in [5.74, 6) is 0. The Labute approximate surface area is 118 Å². The van der Waals surface area contributed by atoms with Gasteiger partial charge in [0.25, 0.3) is 0 Å². The maximum Gasteiger partial charge on any atom is 0.0904 e. The number of H-pyrrole nitrogens is 1. The summed E-state index contributed by atoms with van der Waals surface area (Å²) in [6.45, 7) is 4.52. The largest absolute Gasteiger partial charge is 0.385 e. The molecule has 1 heterocycles. The van der Waals surface area contributed by atoms with Gasteiger partial charge in [0.15, 0.2) is 0 Å². The van der Waals surface area contributed by atoms with Gasteiger partial charge in [0.1, 0.15) is 0 Å². The van der Waals surface area contributed by atoms with Crippen LogP contribution in [0.5, 0.6) is 0 Å². The van der Waals surface area contributed by atoms with Crippen LogP contribution < -0.4 is 0 Å². The average molecular weight is 279 g/mol. The van der Waals surface area contributed by atoms with E-state index in [-0.39, 0.29) is 0 Å². The lowest BCUT2D eigenvalue weighted by atomic mass is 9.68. The summed E-state index contributed by atoms with van der Waals surface area (Å²) in [6.07, 6.45) is 5.38. The van der Waals surface area contributed by atoms with Crippen LogP contribution in [0.2, 0.25) is 5.02 Å². The fraction of sp³-hybridized carbons (Fsp3) is 0.533. The summed E-state index contributed by atoms with van der Waals surface area (Å²) >= 11 is 6.16. The van der Waals surface area contributed by atoms with Gasteiger partial charge < -0.3 is 5.11 Å². The van der Waals surface area contributed by atoms with Crippen LogP contribution in [-0.4, -0.2) is 15.3 Å².